The molecule has 1 aliphatic carbocycles. The fourth-order valence-electron chi connectivity index (χ4n) is 6.39. The van der Waals surface area contributed by atoms with Gasteiger partial charge in [-0.3, -0.25) is 0 Å². The van der Waals surface area contributed by atoms with Crippen molar-refractivity contribution in [1.82, 2.24) is 0 Å². The lowest BCUT2D eigenvalue weighted by Gasteiger charge is -2.46. The van der Waals surface area contributed by atoms with E-state index < -0.39 is 0 Å². The summed E-state index contributed by atoms with van der Waals surface area (Å²) in [5.41, 5.74) is 6.31. The van der Waals surface area contributed by atoms with E-state index in [1.165, 1.54) is 61.8 Å². The molecule has 0 bridgehead atoms. The molecule has 2 aromatic carbocycles. The van der Waals surface area contributed by atoms with E-state index in [9.17, 15) is 0 Å². The van der Waals surface area contributed by atoms with Crippen molar-refractivity contribution in [3.63, 3.8) is 0 Å². The van der Waals surface area contributed by atoms with Crippen LogP contribution in [-0.2, 0) is 0 Å². The molecule has 0 radical (unpaired) electrons. The molecule has 1 aliphatic rings. The third kappa shape index (κ3) is 6.78. The summed E-state index contributed by atoms with van der Waals surface area (Å²) in [6, 6.07) is 15.8. The molecule has 1 fully saturated rings. The first-order chi connectivity index (χ1) is 15.7. The lowest BCUT2D eigenvalue weighted by Crippen LogP contribution is -2.34. The highest BCUT2D eigenvalue weighted by atomic mass is 16.5. The van der Waals surface area contributed by atoms with Crippen LogP contribution in [0.5, 0.6) is 5.75 Å². The number of methoxy groups -OCH3 is 1. The highest BCUT2D eigenvalue weighted by Crippen LogP contribution is 2.53. The van der Waals surface area contributed by atoms with Gasteiger partial charge in [0.05, 0.1) is 7.11 Å². The van der Waals surface area contributed by atoms with Crippen LogP contribution in [0.15, 0.2) is 42.5 Å². The van der Waals surface area contributed by atoms with Crippen molar-refractivity contribution in [2.24, 2.45) is 10.8 Å². The Morgan fingerprint density at radius 3 is 2.18 bits per heavy atom. The molecule has 1 saturated carbocycles. The number of hydrogen-bond donors (Lipinski definition) is 0. The van der Waals surface area contributed by atoms with Crippen molar-refractivity contribution >= 4 is 5.69 Å². The molecule has 0 saturated heterocycles. The van der Waals surface area contributed by atoms with E-state index >= 15 is 0 Å². The maximum atomic E-state index is 5.51. The Hall–Kier alpha value is -1.96. The van der Waals surface area contributed by atoms with Crippen LogP contribution in [0.4, 0.5) is 5.69 Å². The number of ether oxygens (including phenoxy) is 1. The molecule has 0 aromatic heterocycles. The minimum atomic E-state index is 0.382. The predicted molar refractivity (Wildman–Crippen MR) is 145 cm³/mol. The SMILES string of the molecule is CCCCCN(CCC)c1cc(-c2cccc(OC)c2)ccc1C1CC(C)(C)CC(C)(C)C1. The second-order valence-electron chi connectivity index (χ2n) is 11.8. The van der Waals surface area contributed by atoms with Gasteiger partial charge in [0.1, 0.15) is 5.75 Å². The van der Waals surface area contributed by atoms with Gasteiger partial charge in [-0.15, -0.1) is 0 Å². The van der Waals surface area contributed by atoms with Crippen LogP contribution in [0.1, 0.15) is 98.0 Å². The van der Waals surface area contributed by atoms with Gasteiger partial charge in [-0.1, -0.05) is 78.6 Å². The van der Waals surface area contributed by atoms with Crippen LogP contribution in [-0.4, -0.2) is 20.2 Å². The van der Waals surface area contributed by atoms with Gasteiger partial charge < -0.3 is 9.64 Å². The van der Waals surface area contributed by atoms with Crippen LogP contribution in [0, 0.1) is 10.8 Å². The van der Waals surface area contributed by atoms with Crippen molar-refractivity contribution in [3.8, 4) is 16.9 Å². The lowest BCUT2D eigenvalue weighted by atomic mass is 9.60. The molecule has 182 valence electrons. The number of anilines is 1. The number of hydrogen-bond acceptors (Lipinski definition) is 2. The normalized spacial score (nSPS) is 17.7. The van der Waals surface area contributed by atoms with Crippen LogP contribution in [0.25, 0.3) is 11.1 Å². The molecule has 0 heterocycles. The average molecular weight is 450 g/mol. The molecule has 0 atom stereocenters. The minimum absolute atomic E-state index is 0.382. The number of rotatable bonds is 10. The molecular formula is C31H47NO. The van der Waals surface area contributed by atoms with Crippen molar-refractivity contribution in [3.05, 3.63) is 48.0 Å². The molecule has 3 rings (SSSR count). The molecule has 0 amide bonds. The average Bonchev–Trinajstić information content (AvgIpc) is 2.76. The fourth-order valence-corrected chi connectivity index (χ4v) is 6.39. The van der Waals surface area contributed by atoms with E-state index in [-0.39, 0.29) is 0 Å². The van der Waals surface area contributed by atoms with Gasteiger partial charge in [0, 0.05) is 18.8 Å². The maximum Gasteiger partial charge on any atom is 0.119 e. The van der Waals surface area contributed by atoms with Gasteiger partial charge >= 0.3 is 0 Å². The standard InChI is InChI=1S/C31H47NO/c1-8-10-11-18-32(17-9-2)29-20-25(24-13-12-14-27(19-24)33-7)15-16-28(29)26-21-30(3,4)23-31(5,6)22-26/h12-16,19-20,26H,8-11,17-18,21-23H2,1-7H3. The second kappa shape index (κ2) is 11.0. The maximum absolute atomic E-state index is 5.51. The van der Waals surface area contributed by atoms with Crippen LogP contribution in [0.2, 0.25) is 0 Å². The zero-order valence-corrected chi connectivity index (χ0v) is 22.3. The Morgan fingerprint density at radius 1 is 0.848 bits per heavy atom. The van der Waals surface area contributed by atoms with Crippen LogP contribution < -0.4 is 9.64 Å². The summed E-state index contributed by atoms with van der Waals surface area (Å²) >= 11 is 0. The number of benzene rings is 2. The molecule has 2 nitrogen and oxygen atoms in total. The Balaban J connectivity index is 2.07. The van der Waals surface area contributed by atoms with Crippen molar-refractivity contribution < 1.29 is 4.74 Å². The Morgan fingerprint density at radius 2 is 1.55 bits per heavy atom. The summed E-state index contributed by atoms with van der Waals surface area (Å²) in [5, 5.41) is 0. The van der Waals surface area contributed by atoms with Crippen LogP contribution >= 0.6 is 0 Å². The fraction of sp³-hybridized carbons (Fsp3) is 0.613. The smallest absolute Gasteiger partial charge is 0.119 e. The highest BCUT2D eigenvalue weighted by molar-refractivity contribution is 5.72. The zero-order chi connectivity index (χ0) is 24.1. The predicted octanol–water partition coefficient (Wildman–Crippen LogP) is 9.09. The Labute approximate surface area is 203 Å². The first-order valence-electron chi connectivity index (χ1n) is 13.2. The third-order valence-electron chi connectivity index (χ3n) is 7.29. The second-order valence-corrected chi connectivity index (χ2v) is 11.8. The van der Waals surface area contributed by atoms with E-state index in [0.717, 1.165) is 18.8 Å². The van der Waals surface area contributed by atoms with Crippen LogP contribution in [0.3, 0.4) is 0 Å². The summed E-state index contributed by atoms with van der Waals surface area (Å²) in [4.78, 5) is 2.68. The first kappa shape index (κ1) is 25.7. The summed E-state index contributed by atoms with van der Waals surface area (Å²) in [6.07, 6.45) is 8.87. The molecule has 0 N–H and O–H groups in total. The third-order valence-corrected chi connectivity index (χ3v) is 7.29. The van der Waals surface area contributed by atoms with Gasteiger partial charge in [-0.05, 0) is 83.7 Å². The van der Waals surface area contributed by atoms with Gasteiger partial charge in [0.2, 0.25) is 0 Å². The Bertz CT molecular complexity index is 882. The number of nitrogens with zero attached hydrogens (tertiary/aromatic N) is 1. The monoisotopic (exact) mass is 449 g/mol. The molecule has 33 heavy (non-hydrogen) atoms. The number of unbranched alkanes of at least 4 members (excludes halogenated alkanes) is 2. The van der Waals surface area contributed by atoms with E-state index in [1.54, 1.807) is 12.7 Å². The molecule has 2 heteroatoms. The van der Waals surface area contributed by atoms with Crippen molar-refractivity contribution in [1.29, 1.82) is 0 Å². The zero-order valence-electron chi connectivity index (χ0n) is 22.3. The molecule has 2 aromatic rings. The lowest BCUT2D eigenvalue weighted by molar-refractivity contribution is 0.0970. The molecule has 0 aliphatic heterocycles. The van der Waals surface area contributed by atoms with Gasteiger partial charge in [-0.2, -0.15) is 0 Å². The van der Waals surface area contributed by atoms with Gasteiger partial charge in [0.25, 0.3) is 0 Å². The molecular weight excluding hydrogens is 402 g/mol. The highest BCUT2D eigenvalue weighted by Gasteiger charge is 2.39. The van der Waals surface area contributed by atoms with E-state index in [4.69, 9.17) is 4.74 Å². The first-order valence-corrected chi connectivity index (χ1v) is 13.2. The van der Waals surface area contributed by atoms with Gasteiger partial charge in [0.15, 0.2) is 0 Å². The topological polar surface area (TPSA) is 12.5 Å². The van der Waals surface area contributed by atoms with Crippen molar-refractivity contribution in [2.45, 2.75) is 92.4 Å². The quantitative estimate of drug-likeness (QED) is 0.335. The Kier molecular flexibility index (Phi) is 8.54. The molecule has 0 spiro atoms. The minimum Gasteiger partial charge on any atom is -0.497 e. The van der Waals surface area contributed by atoms with E-state index in [1.807, 2.05) is 6.07 Å². The summed E-state index contributed by atoms with van der Waals surface area (Å²) < 4.78 is 5.51. The summed E-state index contributed by atoms with van der Waals surface area (Å²) in [6.45, 7) is 16.8. The van der Waals surface area contributed by atoms with Crippen molar-refractivity contribution in [2.75, 3.05) is 25.1 Å². The van der Waals surface area contributed by atoms with E-state index in [2.05, 4.69) is 82.8 Å². The van der Waals surface area contributed by atoms with Gasteiger partial charge in [-0.25, -0.2) is 0 Å². The summed E-state index contributed by atoms with van der Waals surface area (Å²) in [5.74, 6) is 1.53. The largest absolute Gasteiger partial charge is 0.497 e. The van der Waals surface area contributed by atoms with E-state index in [0.29, 0.717) is 16.7 Å². The summed E-state index contributed by atoms with van der Waals surface area (Å²) in [7, 11) is 1.75. The molecule has 0 unspecified atom stereocenters.